The standard InChI is InChI=1S/C9H12N2O2S/c1-11-3-4-13-8(6-11)9(12)7-2-5-14-10-7/h2,5,8H,3-4,6H2,1H3. The van der Waals surface area contributed by atoms with Crippen LogP contribution in [0, 0.1) is 0 Å². The highest BCUT2D eigenvalue weighted by Crippen LogP contribution is 2.10. The van der Waals surface area contributed by atoms with Gasteiger partial charge in [-0.25, -0.2) is 0 Å². The number of hydrogen-bond acceptors (Lipinski definition) is 5. The molecule has 2 heterocycles. The van der Waals surface area contributed by atoms with Crippen LogP contribution in [0.5, 0.6) is 0 Å². The average Bonchev–Trinajstić information content (AvgIpc) is 2.69. The van der Waals surface area contributed by atoms with Crippen LogP contribution in [0.2, 0.25) is 0 Å². The van der Waals surface area contributed by atoms with Crippen molar-refractivity contribution in [3.63, 3.8) is 0 Å². The zero-order valence-electron chi connectivity index (χ0n) is 7.97. The molecule has 0 saturated carbocycles. The number of carbonyl (C=O) groups excluding carboxylic acids is 1. The predicted molar refractivity (Wildman–Crippen MR) is 53.7 cm³/mol. The molecule has 0 aromatic carbocycles. The number of Topliss-reactive ketones (excluding diaryl/α,β-unsaturated/α-hetero) is 1. The minimum absolute atomic E-state index is 0.00204. The zero-order valence-corrected chi connectivity index (χ0v) is 8.79. The summed E-state index contributed by atoms with van der Waals surface area (Å²) >= 11 is 1.29. The lowest BCUT2D eigenvalue weighted by Crippen LogP contribution is -2.44. The minimum atomic E-state index is -0.337. The first-order valence-corrected chi connectivity index (χ1v) is 5.36. The smallest absolute Gasteiger partial charge is 0.212 e. The van der Waals surface area contributed by atoms with E-state index in [-0.39, 0.29) is 11.9 Å². The summed E-state index contributed by atoms with van der Waals surface area (Å²) in [5.74, 6) is -0.00204. The third-order valence-corrected chi connectivity index (χ3v) is 2.81. The molecule has 1 aliphatic heterocycles. The SMILES string of the molecule is CN1CCOC(C(=O)c2ccsn2)C1. The van der Waals surface area contributed by atoms with Gasteiger partial charge in [0, 0.05) is 18.5 Å². The molecule has 0 N–H and O–H groups in total. The number of likely N-dealkylation sites (N-methyl/N-ethyl adjacent to an activating group) is 1. The van der Waals surface area contributed by atoms with Crippen molar-refractivity contribution in [1.29, 1.82) is 0 Å². The van der Waals surface area contributed by atoms with Gasteiger partial charge in [0.15, 0.2) is 0 Å². The average molecular weight is 212 g/mol. The molecule has 0 spiro atoms. The van der Waals surface area contributed by atoms with Crippen LogP contribution in [0.25, 0.3) is 0 Å². The maximum Gasteiger partial charge on any atom is 0.212 e. The largest absolute Gasteiger partial charge is 0.367 e. The highest BCUT2D eigenvalue weighted by atomic mass is 32.1. The molecule has 1 aromatic heterocycles. The third kappa shape index (κ3) is 2.00. The second kappa shape index (κ2) is 4.16. The summed E-state index contributed by atoms with van der Waals surface area (Å²) in [6.07, 6.45) is -0.337. The molecule has 5 heteroatoms. The Morgan fingerprint density at radius 3 is 3.29 bits per heavy atom. The van der Waals surface area contributed by atoms with Gasteiger partial charge in [0.25, 0.3) is 0 Å². The number of ether oxygens (including phenoxy) is 1. The van der Waals surface area contributed by atoms with Gasteiger partial charge >= 0.3 is 0 Å². The summed E-state index contributed by atoms with van der Waals surface area (Å²) < 4.78 is 9.42. The Kier molecular flexibility index (Phi) is 2.90. The van der Waals surface area contributed by atoms with Gasteiger partial charge in [0.2, 0.25) is 5.78 Å². The fraction of sp³-hybridized carbons (Fsp3) is 0.556. The number of rotatable bonds is 2. The fourth-order valence-electron chi connectivity index (χ4n) is 1.44. The van der Waals surface area contributed by atoms with Gasteiger partial charge in [-0.1, -0.05) is 0 Å². The van der Waals surface area contributed by atoms with E-state index in [0.29, 0.717) is 18.8 Å². The molecular formula is C9H12N2O2S. The maximum absolute atomic E-state index is 11.8. The fourth-order valence-corrected chi connectivity index (χ4v) is 1.96. The molecule has 0 amide bonds. The van der Waals surface area contributed by atoms with Gasteiger partial charge in [-0.3, -0.25) is 4.79 Å². The van der Waals surface area contributed by atoms with Crippen molar-refractivity contribution in [2.45, 2.75) is 6.10 Å². The number of morpholine rings is 1. The molecule has 1 aliphatic rings. The van der Waals surface area contributed by atoms with E-state index in [0.717, 1.165) is 6.54 Å². The quantitative estimate of drug-likeness (QED) is 0.675. The molecule has 14 heavy (non-hydrogen) atoms. The Balaban J connectivity index is 2.04. The first kappa shape index (κ1) is 9.76. The Morgan fingerprint density at radius 2 is 2.64 bits per heavy atom. The van der Waals surface area contributed by atoms with Crippen LogP contribution in [0.4, 0.5) is 0 Å². The van der Waals surface area contributed by atoms with E-state index in [1.165, 1.54) is 11.5 Å². The van der Waals surface area contributed by atoms with Crippen molar-refractivity contribution in [2.75, 3.05) is 26.7 Å². The summed E-state index contributed by atoms with van der Waals surface area (Å²) in [7, 11) is 1.99. The number of ketones is 1. The number of aromatic nitrogens is 1. The van der Waals surface area contributed by atoms with Gasteiger partial charge < -0.3 is 9.64 Å². The van der Waals surface area contributed by atoms with Crippen LogP contribution in [0.1, 0.15) is 10.5 Å². The summed E-state index contributed by atoms with van der Waals surface area (Å²) in [6.45, 7) is 2.17. The maximum atomic E-state index is 11.8. The van der Waals surface area contributed by atoms with Crippen LogP contribution in [-0.4, -0.2) is 47.9 Å². The van der Waals surface area contributed by atoms with E-state index < -0.39 is 0 Å². The molecule has 2 rings (SSSR count). The number of hydrogen-bond donors (Lipinski definition) is 0. The Morgan fingerprint density at radius 1 is 1.79 bits per heavy atom. The van der Waals surface area contributed by atoms with Gasteiger partial charge in [-0.2, -0.15) is 4.37 Å². The van der Waals surface area contributed by atoms with Crippen molar-refractivity contribution in [2.24, 2.45) is 0 Å². The summed E-state index contributed by atoms with van der Waals surface area (Å²) in [6, 6.07) is 1.74. The molecule has 1 aromatic rings. The van der Waals surface area contributed by atoms with Crippen molar-refractivity contribution in [3.05, 3.63) is 17.1 Å². The van der Waals surface area contributed by atoms with Gasteiger partial charge in [-0.05, 0) is 24.6 Å². The Hall–Kier alpha value is -0.780. The Labute approximate surface area is 86.7 Å². The van der Waals surface area contributed by atoms with Crippen LogP contribution < -0.4 is 0 Å². The molecule has 0 aliphatic carbocycles. The van der Waals surface area contributed by atoms with Gasteiger partial charge in [0.1, 0.15) is 11.8 Å². The molecular weight excluding hydrogens is 200 g/mol. The first-order valence-electron chi connectivity index (χ1n) is 4.52. The van der Waals surface area contributed by atoms with Crippen molar-refractivity contribution >= 4 is 17.3 Å². The monoisotopic (exact) mass is 212 g/mol. The number of nitrogens with zero attached hydrogens (tertiary/aromatic N) is 2. The molecule has 76 valence electrons. The summed E-state index contributed by atoms with van der Waals surface area (Å²) in [4.78, 5) is 13.9. The van der Waals surface area contributed by atoms with E-state index in [9.17, 15) is 4.79 Å². The molecule has 0 radical (unpaired) electrons. The lowest BCUT2D eigenvalue weighted by atomic mass is 10.1. The highest BCUT2D eigenvalue weighted by Gasteiger charge is 2.26. The minimum Gasteiger partial charge on any atom is -0.367 e. The summed E-state index contributed by atoms with van der Waals surface area (Å²) in [5.41, 5.74) is 0.523. The zero-order chi connectivity index (χ0) is 9.97. The Bertz CT molecular complexity index is 313. The van der Waals surface area contributed by atoms with Crippen molar-refractivity contribution in [3.8, 4) is 0 Å². The second-order valence-electron chi connectivity index (χ2n) is 3.37. The second-order valence-corrected chi connectivity index (χ2v) is 4.04. The van der Waals surface area contributed by atoms with Crippen LogP contribution >= 0.6 is 11.5 Å². The van der Waals surface area contributed by atoms with E-state index in [1.54, 1.807) is 11.4 Å². The van der Waals surface area contributed by atoms with E-state index in [4.69, 9.17) is 4.74 Å². The van der Waals surface area contributed by atoms with E-state index in [2.05, 4.69) is 9.27 Å². The van der Waals surface area contributed by atoms with Crippen LogP contribution in [-0.2, 0) is 4.74 Å². The topological polar surface area (TPSA) is 42.4 Å². The third-order valence-electron chi connectivity index (χ3n) is 2.25. The van der Waals surface area contributed by atoms with Crippen LogP contribution in [0.3, 0.4) is 0 Å². The van der Waals surface area contributed by atoms with E-state index >= 15 is 0 Å². The van der Waals surface area contributed by atoms with Crippen molar-refractivity contribution in [1.82, 2.24) is 9.27 Å². The predicted octanol–water partition coefficient (Wildman–Crippen LogP) is 0.656. The molecule has 1 fully saturated rings. The highest BCUT2D eigenvalue weighted by molar-refractivity contribution is 7.03. The normalized spacial score (nSPS) is 23.6. The van der Waals surface area contributed by atoms with Gasteiger partial charge in [0.05, 0.1) is 6.61 Å². The van der Waals surface area contributed by atoms with E-state index in [1.807, 2.05) is 7.05 Å². The molecule has 1 atom stereocenters. The van der Waals surface area contributed by atoms with Crippen LogP contribution in [0.15, 0.2) is 11.4 Å². The van der Waals surface area contributed by atoms with Crippen molar-refractivity contribution < 1.29 is 9.53 Å². The summed E-state index contributed by atoms with van der Waals surface area (Å²) in [5, 5.41) is 1.81. The lowest BCUT2D eigenvalue weighted by molar-refractivity contribution is -0.00883. The molecule has 4 nitrogen and oxygen atoms in total. The first-order chi connectivity index (χ1) is 6.77. The molecule has 1 unspecified atom stereocenters. The number of carbonyl (C=O) groups is 1. The van der Waals surface area contributed by atoms with Gasteiger partial charge in [-0.15, -0.1) is 0 Å². The lowest BCUT2D eigenvalue weighted by Gasteiger charge is -2.28. The molecule has 1 saturated heterocycles. The molecule has 0 bridgehead atoms.